The third-order valence-corrected chi connectivity index (χ3v) is 5.50. The Labute approximate surface area is 171 Å². The second-order valence-corrected chi connectivity index (χ2v) is 8.35. The predicted octanol–water partition coefficient (Wildman–Crippen LogP) is 2.15. The van der Waals surface area contributed by atoms with Crippen molar-refractivity contribution in [2.75, 3.05) is 11.6 Å². The fraction of sp³-hybridized carbons (Fsp3) is 0.167. The van der Waals surface area contributed by atoms with Crippen molar-refractivity contribution < 1.29 is 17.9 Å². The summed E-state index contributed by atoms with van der Waals surface area (Å²) in [7, 11) is -3.98. The Morgan fingerprint density at radius 3 is 2.69 bits per heavy atom. The number of aliphatic hydroxyl groups is 1. The molecular weight excluding hydrogens is 417 g/mol. The molecule has 0 atom stereocenters. The van der Waals surface area contributed by atoms with E-state index in [1.165, 1.54) is 30.1 Å². The lowest BCUT2D eigenvalue weighted by Gasteiger charge is -2.11. The third kappa shape index (κ3) is 5.07. The van der Waals surface area contributed by atoms with Crippen molar-refractivity contribution in [3.63, 3.8) is 0 Å². The van der Waals surface area contributed by atoms with Crippen LogP contribution >= 0.6 is 11.8 Å². The maximum Gasteiger partial charge on any atom is 0.238 e. The molecule has 0 spiro atoms. The third-order valence-electron chi connectivity index (χ3n) is 4.03. The van der Waals surface area contributed by atoms with E-state index in [0.29, 0.717) is 28.6 Å². The van der Waals surface area contributed by atoms with E-state index >= 15 is 0 Å². The summed E-state index contributed by atoms with van der Waals surface area (Å²) in [6.07, 6.45) is 6.50. The Morgan fingerprint density at radius 1 is 1.24 bits per heavy atom. The molecule has 4 N–H and O–H groups in total. The van der Waals surface area contributed by atoms with Crippen molar-refractivity contribution in [3.8, 4) is 11.1 Å². The summed E-state index contributed by atoms with van der Waals surface area (Å²) in [5.74, 6) is -0.215. The molecule has 0 unspecified atom stereocenters. The zero-order valence-electron chi connectivity index (χ0n) is 15.3. The van der Waals surface area contributed by atoms with Gasteiger partial charge in [-0.3, -0.25) is 4.98 Å². The number of thioether (sulfide) groups is 1. The number of primary sulfonamides is 1. The molecule has 0 saturated carbocycles. The van der Waals surface area contributed by atoms with Crippen molar-refractivity contribution in [1.82, 2.24) is 15.0 Å². The van der Waals surface area contributed by atoms with Gasteiger partial charge in [-0.25, -0.2) is 27.9 Å². The number of nitrogens with one attached hydrogen (secondary N) is 1. The topological polar surface area (TPSA) is 131 Å². The van der Waals surface area contributed by atoms with Gasteiger partial charge in [0.15, 0.2) is 5.16 Å². The van der Waals surface area contributed by atoms with Crippen LogP contribution in [0.5, 0.6) is 0 Å². The van der Waals surface area contributed by atoms with E-state index in [1.54, 1.807) is 18.5 Å². The fourth-order valence-corrected chi connectivity index (χ4v) is 3.45. The molecule has 0 bridgehead atoms. The summed E-state index contributed by atoms with van der Waals surface area (Å²) in [6.45, 7) is 0.118. The van der Waals surface area contributed by atoms with Crippen LogP contribution in [0.15, 0.2) is 52.9 Å². The van der Waals surface area contributed by atoms with Crippen LogP contribution in [0.3, 0.4) is 0 Å². The molecule has 1 aromatic carbocycles. The predicted molar refractivity (Wildman–Crippen MR) is 108 cm³/mol. The molecule has 0 fully saturated rings. The van der Waals surface area contributed by atoms with Crippen molar-refractivity contribution in [2.45, 2.75) is 23.2 Å². The fourth-order valence-electron chi connectivity index (χ4n) is 2.58. The van der Waals surface area contributed by atoms with Crippen molar-refractivity contribution in [3.05, 3.63) is 59.8 Å². The second kappa shape index (κ2) is 8.82. The van der Waals surface area contributed by atoms with E-state index in [0.717, 1.165) is 11.6 Å². The van der Waals surface area contributed by atoms with Crippen molar-refractivity contribution in [1.29, 1.82) is 0 Å². The normalized spacial score (nSPS) is 11.4. The molecule has 0 aliphatic rings. The standard InChI is InChI=1S/C18H18FN5O3S2/c1-28-18-23-9-13(10-25)17(24-18)22-7-11-4-12(8-21-6-11)15-3-2-14(5-16(15)19)29(20,26)27/h2-6,8-9,25H,7,10H2,1H3,(H2,20,26,27)(H,22,23,24). The van der Waals surface area contributed by atoms with Gasteiger partial charge in [0, 0.05) is 41.8 Å². The highest BCUT2D eigenvalue weighted by atomic mass is 32.2. The number of aromatic nitrogens is 3. The average molecular weight is 436 g/mol. The molecule has 3 aromatic rings. The number of anilines is 1. The van der Waals surface area contributed by atoms with Crippen LogP contribution in [0.25, 0.3) is 11.1 Å². The lowest BCUT2D eigenvalue weighted by molar-refractivity contribution is 0.281. The lowest BCUT2D eigenvalue weighted by atomic mass is 10.1. The molecule has 152 valence electrons. The van der Waals surface area contributed by atoms with Gasteiger partial charge in [0.1, 0.15) is 11.6 Å². The van der Waals surface area contributed by atoms with Gasteiger partial charge in [-0.15, -0.1) is 0 Å². The summed E-state index contributed by atoms with van der Waals surface area (Å²) >= 11 is 1.38. The van der Waals surface area contributed by atoms with E-state index in [1.807, 2.05) is 6.26 Å². The van der Waals surface area contributed by atoms with Gasteiger partial charge < -0.3 is 10.4 Å². The van der Waals surface area contributed by atoms with Gasteiger partial charge in [0.2, 0.25) is 10.0 Å². The summed E-state index contributed by atoms with van der Waals surface area (Å²) in [5, 5.41) is 18.2. The largest absolute Gasteiger partial charge is 0.391 e. The quantitative estimate of drug-likeness (QED) is 0.380. The molecule has 29 heavy (non-hydrogen) atoms. The highest BCUT2D eigenvalue weighted by Gasteiger charge is 2.13. The molecule has 0 saturated heterocycles. The van der Waals surface area contributed by atoms with Gasteiger partial charge >= 0.3 is 0 Å². The number of pyridine rings is 1. The Kier molecular flexibility index (Phi) is 6.42. The van der Waals surface area contributed by atoms with Gasteiger partial charge in [-0.1, -0.05) is 17.8 Å². The van der Waals surface area contributed by atoms with Gasteiger partial charge in [0.05, 0.1) is 11.5 Å². The van der Waals surface area contributed by atoms with Gasteiger partial charge in [0.25, 0.3) is 0 Å². The molecule has 8 nitrogen and oxygen atoms in total. The van der Waals surface area contributed by atoms with Crippen LogP contribution < -0.4 is 10.5 Å². The summed E-state index contributed by atoms with van der Waals surface area (Å²) in [6, 6.07) is 5.21. The average Bonchev–Trinajstić information content (AvgIpc) is 2.71. The Bertz CT molecular complexity index is 1140. The SMILES string of the molecule is CSc1ncc(CO)c(NCc2cncc(-c3ccc(S(N)(=O)=O)cc3F)c2)n1. The number of benzene rings is 1. The number of rotatable bonds is 7. The van der Waals surface area contributed by atoms with Crippen LogP contribution in [0, 0.1) is 5.82 Å². The van der Waals surface area contributed by atoms with Gasteiger partial charge in [-0.2, -0.15) is 0 Å². The number of halogens is 1. The first-order valence-corrected chi connectivity index (χ1v) is 11.1. The van der Waals surface area contributed by atoms with E-state index < -0.39 is 15.8 Å². The number of nitrogens with zero attached hydrogens (tertiary/aromatic N) is 3. The van der Waals surface area contributed by atoms with Gasteiger partial charge in [-0.05, 0) is 30.0 Å². The molecule has 3 rings (SSSR count). The number of aliphatic hydroxyl groups excluding tert-OH is 1. The van der Waals surface area contributed by atoms with Crippen LogP contribution in [0.2, 0.25) is 0 Å². The number of hydrogen-bond acceptors (Lipinski definition) is 8. The highest BCUT2D eigenvalue weighted by Crippen LogP contribution is 2.25. The number of sulfonamides is 1. The highest BCUT2D eigenvalue weighted by molar-refractivity contribution is 7.98. The molecule has 0 aliphatic heterocycles. The van der Waals surface area contributed by atoms with Crippen LogP contribution in [-0.4, -0.2) is 34.7 Å². The van der Waals surface area contributed by atoms with E-state index in [-0.39, 0.29) is 17.1 Å². The zero-order valence-corrected chi connectivity index (χ0v) is 17.0. The summed E-state index contributed by atoms with van der Waals surface area (Å²) < 4.78 is 37.2. The van der Waals surface area contributed by atoms with Crippen LogP contribution in [0.1, 0.15) is 11.1 Å². The smallest absolute Gasteiger partial charge is 0.238 e. The number of hydrogen-bond donors (Lipinski definition) is 3. The summed E-state index contributed by atoms with van der Waals surface area (Å²) in [4.78, 5) is 12.3. The Balaban J connectivity index is 1.84. The number of nitrogens with two attached hydrogens (primary N) is 1. The minimum Gasteiger partial charge on any atom is -0.391 e. The van der Waals surface area contributed by atoms with Crippen molar-refractivity contribution >= 4 is 27.6 Å². The molecule has 2 heterocycles. The van der Waals surface area contributed by atoms with Crippen LogP contribution in [-0.2, 0) is 23.2 Å². The molecule has 2 aromatic heterocycles. The second-order valence-electron chi connectivity index (χ2n) is 6.01. The maximum atomic E-state index is 14.4. The lowest BCUT2D eigenvalue weighted by Crippen LogP contribution is -2.12. The van der Waals surface area contributed by atoms with E-state index in [2.05, 4.69) is 20.3 Å². The molecule has 0 amide bonds. The minimum absolute atomic E-state index is 0.203. The molecule has 0 aliphatic carbocycles. The summed E-state index contributed by atoms with van der Waals surface area (Å²) in [5.41, 5.74) is 1.98. The Morgan fingerprint density at radius 2 is 2.03 bits per heavy atom. The molecule has 0 radical (unpaired) electrons. The first kappa shape index (κ1) is 21.1. The first-order valence-electron chi connectivity index (χ1n) is 8.33. The zero-order chi connectivity index (χ0) is 21.0. The monoisotopic (exact) mass is 435 g/mol. The van der Waals surface area contributed by atoms with Crippen LogP contribution in [0.4, 0.5) is 10.2 Å². The molecule has 11 heteroatoms. The first-order chi connectivity index (χ1) is 13.8. The van der Waals surface area contributed by atoms with E-state index in [9.17, 15) is 17.9 Å². The molecular formula is C18H18FN5O3S2. The van der Waals surface area contributed by atoms with Crippen molar-refractivity contribution in [2.24, 2.45) is 5.14 Å². The van der Waals surface area contributed by atoms with E-state index in [4.69, 9.17) is 5.14 Å². The minimum atomic E-state index is -3.98. The Hall–Kier alpha value is -2.60. The maximum absolute atomic E-state index is 14.4.